The lowest BCUT2D eigenvalue weighted by Crippen LogP contribution is -2.26. The van der Waals surface area contributed by atoms with Gasteiger partial charge in [0.25, 0.3) is 5.91 Å². The van der Waals surface area contributed by atoms with Crippen LogP contribution in [0, 0.1) is 23.0 Å². The maximum atomic E-state index is 15.5. The highest BCUT2D eigenvalue weighted by molar-refractivity contribution is 6.05. The van der Waals surface area contributed by atoms with Gasteiger partial charge in [0.1, 0.15) is 34.8 Å². The van der Waals surface area contributed by atoms with Crippen molar-refractivity contribution in [3.05, 3.63) is 106 Å². The third-order valence-electron chi connectivity index (χ3n) is 7.40. The molecule has 0 saturated heterocycles. The molecule has 3 N–H and O–H groups in total. The van der Waals surface area contributed by atoms with E-state index in [2.05, 4.69) is 28.2 Å². The molecule has 0 spiro atoms. The molecule has 1 fully saturated rings. The van der Waals surface area contributed by atoms with E-state index in [4.69, 9.17) is 5.73 Å². The molecule has 0 atom stereocenters. The summed E-state index contributed by atoms with van der Waals surface area (Å²) in [6.07, 6.45) is 6.30. The summed E-state index contributed by atoms with van der Waals surface area (Å²) in [5.41, 5.74) is 7.78. The van der Waals surface area contributed by atoms with Gasteiger partial charge in [-0.3, -0.25) is 14.6 Å². The summed E-state index contributed by atoms with van der Waals surface area (Å²) in [4.78, 5) is 31.2. The predicted molar refractivity (Wildman–Crippen MR) is 167 cm³/mol. The number of rotatable bonds is 9. The standard InChI is InChI=1S/C33H29F2N7O2/c1-4-41(38-3)17-19(2)21-13-26(32(37)39-16-21)25-12-9-23(14-28(25)35)40-33(44)27-18-42(24-10-11-24)29(15-36)30(31(27)43)20-5-7-22(34)8-6-20/h5-9,12-14,16-18,24H,3-4,10-11H2,1-2H3,(H2,37,39)(H,40,44)/b19-17+. The van der Waals surface area contributed by atoms with E-state index in [-0.39, 0.29) is 39.9 Å². The summed E-state index contributed by atoms with van der Waals surface area (Å²) in [7, 11) is 0. The van der Waals surface area contributed by atoms with Gasteiger partial charge in [0, 0.05) is 54.7 Å². The highest BCUT2D eigenvalue weighted by Gasteiger charge is 2.30. The Labute approximate surface area is 252 Å². The predicted octanol–water partition coefficient (Wildman–Crippen LogP) is 6.19. The Kier molecular flexibility index (Phi) is 8.35. The first-order valence-corrected chi connectivity index (χ1v) is 13.9. The number of nitrogens with two attached hydrogens (primary N) is 1. The topological polar surface area (TPSA) is 129 Å². The molecule has 222 valence electrons. The van der Waals surface area contributed by atoms with Crippen LogP contribution in [0.2, 0.25) is 0 Å². The number of amides is 1. The van der Waals surface area contributed by atoms with Gasteiger partial charge in [0.15, 0.2) is 0 Å². The fraction of sp³-hybridized carbons (Fsp3) is 0.182. The number of hydrogen-bond donors (Lipinski definition) is 2. The number of carbonyl (C=O) groups is 1. The molecule has 4 aromatic rings. The summed E-state index contributed by atoms with van der Waals surface area (Å²) in [6.45, 7) is 7.94. The molecule has 5 rings (SSSR count). The van der Waals surface area contributed by atoms with Crippen LogP contribution in [-0.2, 0) is 0 Å². The maximum Gasteiger partial charge on any atom is 0.261 e. The number of carbonyl (C=O) groups excluding carboxylic acids is 1. The molecule has 2 aromatic carbocycles. The van der Waals surface area contributed by atoms with Crippen molar-refractivity contribution in [2.45, 2.75) is 32.7 Å². The Morgan fingerprint density at radius 1 is 1.23 bits per heavy atom. The van der Waals surface area contributed by atoms with Gasteiger partial charge in [-0.15, -0.1) is 0 Å². The molecule has 0 aliphatic heterocycles. The van der Waals surface area contributed by atoms with Gasteiger partial charge in [0.05, 0.1) is 5.56 Å². The third-order valence-corrected chi connectivity index (χ3v) is 7.40. The first kappa shape index (κ1) is 29.8. The number of hydrogen-bond acceptors (Lipinski definition) is 7. The second kappa shape index (κ2) is 12.3. The third kappa shape index (κ3) is 5.96. The minimum Gasteiger partial charge on any atom is -0.383 e. The summed E-state index contributed by atoms with van der Waals surface area (Å²) < 4.78 is 30.7. The van der Waals surface area contributed by atoms with Crippen LogP contribution >= 0.6 is 0 Å². The van der Waals surface area contributed by atoms with E-state index in [1.165, 1.54) is 42.6 Å². The van der Waals surface area contributed by atoms with Gasteiger partial charge in [0.2, 0.25) is 5.43 Å². The van der Waals surface area contributed by atoms with E-state index in [0.717, 1.165) is 24.5 Å². The Morgan fingerprint density at radius 2 is 1.95 bits per heavy atom. The Hall–Kier alpha value is -5.63. The zero-order valence-electron chi connectivity index (χ0n) is 24.1. The highest BCUT2D eigenvalue weighted by Crippen LogP contribution is 2.38. The van der Waals surface area contributed by atoms with Crippen molar-refractivity contribution < 1.29 is 13.6 Å². The van der Waals surface area contributed by atoms with E-state index in [0.29, 0.717) is 23.2 Å². The molecule has 1 saturated carbocycles. The minimum absolute atomic E-state index is 0.00621. The monoisotopic (exact) mass is 593 g/mol. The molecule has 1 aliphatic carbocycles. The van der Waals surface area contributed by atoms with Crippen molar-refractivity contribution in [2.24, 2.45) is 5.10 Å². The number of nitrogen functional groups attached to an aromatic ring is 1. The van der Waals surface area contributed by atoms with Crippen molar-refractivity contribution in [1.82, 2.24) is 14.6 Å². The second-order valence-corrected chi connectivity index (χ2v) is 10.4. The number of pyridine rings is 2. The number of allylic oxidation sites excluding steroid dienone is 1. The van der Waals surface area contributed by atoms with Crippen molar-refractivity contribution in [1.29, 1.82) is 5.26 Å². The quantitative estimate of drug-likeness (QED) is 0.176. The largest absolute Gasteiger partial charge is 0.383 e. The number of halogens is 2. The Balaban J connectivity index is 1.48. The van der Waals surface area contributed by atoms with Gasteiger partial charge in [-0.1, -0.05) is 12.1 Å². The SMILES string of the molecule is C=NN(/C=C(\C)c1cnc(N)c(-c2ccc(NC(=O)c3cn(C4CC4)c(C#N)c(-c4ccc(F)cc4)c3=O)cc2F)c1)CC. The average Bonchev–Trinajstić information content (AvgIpc) is 3.86. The summed E-state index contributed by atoms with van der Waals surface area (Å²) >= 11 is 0. The number of nitrogens with zero attached hydrogens (tertiary/aromatic N) is 5. The van der Waals surface area contributed by atoms with Crippen molar-refractivity contribution in [3.63, 3.8) is 0 Å². The average molecular weight is 594 g/mol. The Morgan fingerprint density at radius 3 is 2.57 bits per heavy atom. The van der Waals surface area contributed by atoms with Gasteiger partial charge >= 0.3 is 0 Å². The van der Waals surface area contributed by atoms with Crippen LogP contribution in [0.1, 0.15) is 54.3 Å². The number of aromatic nitrogens is 2. The van der Waals surface area contributed by atoms with E-state index in [1.807, 2.05) is 13.8 Å². The normalized spacial score (nSPS) is 12.8. The molecular formula is C33H29F2N7O2. The van der Waals surface area contributed by atoms with E-state index in [9.17, 15) is 19.2 Å². The van der Waals surface area contributed by atoms with Crippen LogP contribution in [0.5, 0.6) is 0 Å². The second-order valence-electron chi connectivity index (χ2n) is 10.4. The van der Waals surface area contributed by atoms with Crippen LogP contribution < -0.4 is 16.5 Å². The maximum absolute atomic E-state index is 15.5. The van der Waals surface area contributed by atoms with Crippen molar-refractivity contribution in [2.75, 3.05) is 17.6 Å². The van der Waals surface area contributed by atoms with Gasteiger partial charge in [-0.2, -0.15) is 10.4 Å². The highest BCUT2D eigenvalue weighted by atomic mass is 19.1. The van der Waals surface area contributed by atoms with Crippen LogP contribution in [-0.4, -0.2) is 33.7 Å². The zero-order chi connectivity index (χ0) is 31.5. The number of benzene rings is 2. The fourth-order valence-corrected chi connectivity index (χ4v) is 4.88. The minimum atomic E-state index is -0.773. The molecule has 2 aromatic heterocycles. The van der Waals surface area contributed by atoms with E-state index in [1.54, 1.807) is 28.0 Å². The smallest absolute Gasteiger partial charge is 0.261 e. The summed E-state index contributed by atoms with van der Waals surface area (Å²) in [5.74, 6) is -1.82. The molecule has 1 amide bonds. The zero-order valence-corrected chi connectivity index (χ0v) is 24.1. The van der Waals surface area contributed by atoms with Crippen LogP contribution in [0.4, 0.5) is 20.3 Å². The number of anilines is 2. The van der Waals surface area contributed by atoms with E-state index < -0.39 is 23.0 Å². The summed E-state index contributed by atoms with van der Waals surface area (Å²) in [6, 6.07) is 13.0. The molecule has 0 radical (unpaired) electrons. The fourth-order valence-electron chi connectivity index (χ4n) is 4.88. The first-order chi connectivity index (χ1) is 21.1. The van der Waals surface area contributed by atoms with Gasteiger partial charge in [-0.05, 0) is 79.8 Å². The number of nitrogens with one attached hydrogen (secondary N) is 1. The molecule has 0 bridgehead atoms. The number of nitriles is 1. The van der Waals surface area contributed by atoms with Gasteiger partial charge in [-0.25, -0.2) is 13.8 Å². The molecule has 0 unspecified atom stereocenters. The number of hydrazone groups is 1. The molecule has 11 heteroatoms. The van der Waals surface area contributed by atoms with Crippen molar-refractivity contribution in [3.8, 4) is 28.3 Å². The lowest BCUT2D eigenvalue weighted by atomic mass is 10.00. The molecular weight excluding hydrogens is 564 g/mol. The molecule has 1 aliphatic rings. The molecule has 2 heterocycles. The van der Waals surface area contributed by atoms with Crippen LogP contribution in [0.3, 0.4) is 0 Å². The lowest BCUT2D eigenvalue weighted by Gasteiger charge is -2.16. The van der Waals surface area contributed by atoms with E-state index >= 15 is 4.39 Å². The Bertz CT molecular complexity index is 1910. The molecule has 9 nitrogen and oxygen atoms in total. The van der Waals surface area contributed by atoms with Crippen LogP contribution in [0.15, 0.2) is 77.0 Å². The molecule has 44 heavy (non-hydrogen) atoms. The lowest BCUT2D eigenvalue weighted by molar-refractivity contribution is 0.102. The summed E-state index contributed by atoms with van der Waals surface area (Å²) in [5, 5.41) is 18.1. The van der Waals surface area contributed by atoms with Crippen molar-refractivity contribution >= 4 is 29.7 Å². The van der Waals surface area contributed by atoms with Gasteiger partial charge < -0.3 is 15.6 Å². The first-order valence-electron chi connectivity index (χ1n) is 13.9. The van der Waals surface area contributed by atoms with Crippen LogP contribution in [0.25, 0.3) is 27.8 Å².